The molecule has 0 bridgehead atoms. The Kier molecular flexibility index (Phi) is 3.98. The SMILES string of the molecule is Cc1cc(CO)oc1C(=O)NC1(c2ccc(Cl)cc2)CCC1. The first kappa shape index (κ1) is 15.1. The fourth-order valence-corrected chi connectivity index (χ4v) is 3.04. The summed E-state index contributed by atoms with van der Waals surface area (Å²) in [6.45, 7) is 1.59. The topological polar surface area (TPSA) is 62.5 Å². The maximum Gasteiger partial charge on any atom is 0.287 e. The molecular weight excluding hydrogens is 302 g/mol. The highest BCUT2D eigenvalue weighted by molar-refractivity contribution is 6.30. The number of hydrogen-bond donors (Lipinski definition) is 2. The lowest BCUT2D eigenvalue weighted by atomic mass is 9.71. The maximum atomic E-state index is 12.5. The van der Waals surface area contributed by atoms with Gasteiger partial charge in [0.05, 0.1) is 5.54 Å². The van der Waals surface area contributed by atoms with E-state index in [2.05, 4.69) is 5.32 Å². The van der Waals surface area contributed by atoms with Crippen LogP contribution in [0.3, 0.4) is 0 Å². The second-order valence-electron chi connectivity index (χ2n) is 5.78. The smallest absolute Gasteiger partial charge is 0.287 e. The van der Waals surface area contributed by atoms with E-state index in [0.29, 0.717) is 10.8 Å². The third kappa shape index (κ3) is 2.64. The molecule has 1 aromatic heterocycles. The number of hydrogen-bond acceptors (Lipinski definition) is 3. The first-order valence-corrected chi connectivity index (χ1v) is 7.70. The summed E-state index contributed by atoms with van der Waals surface area (Å²) in [5.74, 6) is 0.424. The number of halogens is 1. The minimum atomic E-state index is -0.347. The lowest BCUT2D eigenvalue weighted by molar-refractivity contribution is 0.0789. The van der Waals surface area contributed by atoms with Gasteiger partial charge >= 0.3 is 0 Å². The van der Waals surface area contributed by atoms with Crippen molar-refractivity contribution in [3.05, 3.63) is 58.0 Å². The normalized spacial score (nSPS) is 16.1. The van der Waals surface area contributed by atoms with Crippen molar-refractivity contribution in [1.29, 1.82) is 0 Å². The minimum Gasteiger partial charge on any atom is -0.453 e. The average molecular weight is 320 g/mol. The monoisotopic (exact) mass is 319 g/mol. The van der Waals surface area contributed by atoms with Gasteiger partial charge in [-0.05, 0) is 49.9 Å². The Morgan fingerprint density at radius 3 is 2.55 bits per heavy atom. The molecule has 22 heavy (non-hydrogen) atoms. The van der Waals surface area contributed by atoms with Crippen molar-refractivity contribution in [2.24, 2.45) is 0 Å². The van der Waals surface area contributed by atoms with Crippen molar-refractivity contribution in [3.8, 4) is 0 Å². The Morgan fingerprint density at radius 2 is 2.05 bits per heavy atom. The highest BCUT2D eigenvalue weighted by Gasteiger charge is 2.40. The summed E-state index contributed by atoms with van der Waals surface area (Å²) < 4.78 is 5.41. The fourth-order valence-electron chi connectivity index (χ4n) is 2.91. The summed E-state index contributed by atoms with van der Waals surface area (Å²) in [4.78, 5) is 12.5. The van der Waals surface area contributed by atoms with Crippen LogP contribution < -0.4 is 5.32 Å². The lowest BCUT2D eigenvalue weighted by Crippen LogP contribution is -2.50. The molecule has 0 radical (unpaired) electrons. The highest BCUT2D eigenvalue weighted by Crippen LogP contribution is 2.41. The Balaban J connectivity index is 1.84. The van der Waals surface area contributed by atoms with Crippen LogP contribution in [0.4, 0.5) is 0 Å². The first-order valence-electron chi connectivity index (χ1n) is 7.33. The van der Waals surface area contributed by atoms with Crippen molar-refractivity contribution in [2.45, 2.75) is 38.3 Å². The molecular formula is C17H18ClNO3. The number of aliphatic hydroxyl groups excluding tert-OH is 1. The molecule has 3 rings (SSSR count). The minimum absolute atomic E-state index is 0.212. The van der Waals surface area contributed by atoms with Crippen molar-refractivity contribution >= 4 is 17.5 Å². The number of rotatable bonds is 4. The van der Waals surface area contributed by atoms with Gasteiger partial charge in [-0.1, -0.05) is 23.7 Å². The second kappa shape index (κ2) is 5.78. The molecule has 1 heterocycles. The zero-order valence-corrected chi connectivity index (χ0v) is 13.1. The fraction of sp³-hybridized carbons (Fsp3) is 0.353. The average Bonchev–Trinajstić information content (AvgIpc) is 2.85. The number of nitrogens with one attached hydrogen (secondary N) is 1. The van der Waals surface area contributed by atoms with E-state index in [9.17, 15) is 4.79 Å². The van der Waals surface area contributed by atoms with Crippen molar-refractivity contribution in [2.75, 3.05) is 0 Å². The first-order chi connectivity index (χ1) is 10.5. The van der Waals surface area contributed by atoms with Gasteiger partial charge in [-0.15, -0.1) is 0 Å². The van der Waals surface area contributed by atoms with Crippen molar-refractivity contribution < 1.29 is 14.3 Å². The summed E-state index contributed by atoms with van der Waals surface area (Å²) in [5.41, 5.74) is 1.44. The van der Waals surface area contributed by atoms with Gasteiger partial charge in [0.2, 0.25) is 0 Å². The van der Waals surface area contributed by atoms with Gasteiger partial charge in [-0.25, -0.2) is 0 Å². The molecule has 0 unspecified atom stereocenters. The Morgan fingerprint density at radius 1 is 1.36 bits per heavy atom. The summed E-state index contributed by atoms with van der Waals surface area (Å²) in [5, 5.41) is 12.9. The van der Waals surface area contributed by atoms with E-state index >= 15 is 0 Å². The van der Waals surface area contributed by atoms with Gasteiger partial charge in [-0.3, -0.25) is 4.79 Å². The van der Waals surface area contributed by atoms with Gasteiger partial charge in [0, 0.05) is 10.6 Å². The third-order valence-corrected chi connectivity index (χ3v) is 4.54. The maximum absolute atomic E-state index is 12.5. The summed E-state index contributed by atoms with van der Waals surface area (Å²) in [7, 11) is 0. The number of aliphatic hydroxyl groups is 1. The molecule has 1 saturated carbocycles. The Hall–Kier alpha value is -1.78. The largest absolute Gasteiger partial charge is 0.453 e. The molecule has 2 aromatic rings. The molecule has 0 aliphatic heterocycles. The van der Waals surface area contributed by atoms with Gasteiger partial charge in [0.15, 0.2) is 5.76 Å². The number of carbonyl (C=O) groups excluding carboxylic acids is 1. The zero-order chi connectivity index (χ0) is 15.7. The second-order valence-corrected chi connectivity index (χ2v) is 6.22. The molecule has 0 atom stereocenters. The quantitative estimate of drug-likeness (QED) is 0.906. The predicted molar refractivity (Wildman–Crippen MR) is 83.8 cm³/mol. The number of furan rings is 1. The molecule has 0 saturated heterocycles. The number of benzene rings is 1. The third-order valence-electron chi connectivity index (χ3n) is 4.29. The standard InChI is InChI=1S/C17H18ClNO3/c1-11-9-14(10-20)22-15(11)16(21)19-17(7-2-8-17)12-3-5-13(18)6-4-12/h3-6,9,20H,2,7-8,10H2,1H3,(H,19,21). The molecule has 116 valence electrons. The predicted octanol–water partition coefficient (Wildman–Crippen LogP) is 3.54. The van der Waals surface area contributed by atoms with E-state index in [1.807, 2.05) is 24.3 Å². The lowest BCUT2D eigenvalue weighted by Gasteiger charge is -2.43. The van der Waals surface area contributed by atoms with Crippen LogP contribution in [0.5, 0.6) is 0 Å². The van der Waals surface area contributed by atoms with Crippen LogP contribution in [-0.4, -0.2) is 11.0 Å². The summed E-state index contributed by atoms with van der Waals surface area (Å²) in [6.07, 6.45) is 2.86. The molecule has 0 spiro atoms. The molecule has 1 aliphatic rings. The molecule has 1 amide bonds. The number of carbonyl (C=O) groups is 1. The van der Waals surface area contributed by atoms with Crippen LogP contribution in [0.2, 0.25) is 5.02 Å². The van der Waals surface area contributed by atoms with E-state index in [-0.39, 0.29) is 23.8 Å². The van der Waals surface area contributed by atoms with E-state index in [4.69, 9.17) is 21.1 Å². The van der Waals surface area contributed by atoms with Crippen LogP contribution in [0.25, 0.3) is 0 Å². The van der Waals surface area contributed by atoms with Crippen LogP contribution in [0.1, 0.15) is 46.7 Å². The van der Waals surface area contributed by atoms with Gasteiger partial charge in [0.25, 0.3) is 5.91 Å². The molecule has 1 aliphatic carbocycles. The molecule has 1 aromatic carbocycles. The van der Waals surface area contributed by atoms with Crippen LogP contribution in [0, 0.1) is 6.92 Å². The van der Waals surface area contributed by atoms with E-state index < -0.39 is 0 Å². The van der Waals surface area contributed by atoms with Crippen LogP contribution >= 0.6 is 11.6 Å². The molecule has 4 nitrogen and oxygen atoms in total. The van der Waals surface area contributed by atoms with Crippen LogP contribution in [-0.2, 0) is 12.1 Å². The Labute approximate surface area is 134 Å². The van der Waals surface area contributed by atoms with E-state index in [1.165, 1.54) is 0 Å². The summed E-state index contributed by atoms with van der Waals surface area (Å²) >= 11 is 5.94. The van der Waals surface area contributed by atoms with E-state index in [0.717, 1.165) is 30.4 Å². The van der Waals surface area contributed by atoms with Crippen molar-refractivity contribution in [1.82, 2.24) is 5.32 Å². The van der Waals surface area contributed by atoms with Gasteiger partial charge in [0.1, 0.15) is 12.4 Å². The number of amides is 1. The van der Waals surface area contributed by atoms with Gasteiger partial charge in [-0.2, -0.15) is 0 Å². The molecule has 1 fully saturated rings. The molecule has 5 heteroatoms. The summed E-state index contributed by atoms with van der Waals surface area (Å²) in [6, 6.07) is 9.27. The van der Waals surface area contributed by atoms with Crippen molar-refractivity contribution in [3.63, 3.8) is 0 Å². The number of aryl methyl sites for hydroxylation is 1. The van der Waals surface area contributed by atoms with Crippen LogP contribution in [0.15, 0.2) is 34.7 Å². The van der Waals surface area contributed by atoms with Gasteiger partial charge < -0.3 is 14.8 Å². The van der Waals surface area contributed by atoms with E-state index in [1.54, 1.807) is 13.0 Å². The molecule has 2 N–H and O–H groups in total. The Bertz CT molecular complexity index is 686. The zero-order valence-electron chi connectivity index (χ0n) is 12.4. The highest BCUT2D eigenvalue weighted by atomic mass is 35.5.